The van der Waals surface area contributed by atoms with Gasteiger partial charge in [0.1, 0.15) is 0 Å². The van der Waals surface area contributed by atoms with Gasteiger partial charge in [0.05, 0.1) is 25.4 Å². The van der Waals surface area contributed by atoms with Crippen molar-refractivity contribution in [3.05, 3.63) is 36.5 Å². The Hall–Kier alpha value is -1.92. The molecule has 508 valence electrons. The summed E-state index contributed by atoms with van der Waals surface area (Å²) in [4.78, 5) is 24.7. The van der Waals surface area contributed by atoms with Gasteiger partial charge in [-0.25, -0.2) is 0 Å². The molecule has 0 saturated carbocycles. The van der Waals surface area contributed by atoms with Crippen LogP contribution in [0, 0.1) is 0 Å². The lowest BCUT2D eigenvalue weighted by Gasteiger charge is -2.22. The molecule has 86 heavy (non-hydrogen) atoms. The fourth-order valence-corrected chi connectivity index (χ4v) is 12.4. The molecule has 0 saturated heterocycles. The summed E-state index contributed by atoms with van der Waals surface area (Å²) in [6.45, 7) is 4.98. The number of amides is 1. The van der Waals surface area contributed by atoms with E-state index in [4.69, 9.17) is 4.74 Å². The summed E-state index contributed by atoms with van der Waals surface area (Å²) < 4.78 is 5.51. The molecule has 0 aliphatic rings. The van der Waals surface area contributed by atoms with Crippen LogP contribution in [0.2, 0.25) is 0 Å². The molecule has 0 aromatic carbocycles. The Bertz CT molecular complexity index is 1390. The molecule has 0 rings (SSSR count). The highest BCUT2D eigenvalue weighted by Gasteiger charge is 2.20. The molecule has 0 aromatic heterocycles. The Morgan fingerprint density at radius 3 is 0.907 bits per heavy atom. The highest BCUT2D eigenvalue weighted by molar-refractivity contribution is 5.76. The third-order valence-corrected chi connectivity index (χ3v) is 18.4. The van der Waals surface area contributed by atoms with E-state index in [9.17, 15) is 19.8 Å². The van der Waals surface area contributed by atoms with Crippen molar-refractivity contribution in [2.45, 2.75) is 450 Å². The lowest BCUT2D eigenvalue weighted by Crippen LogP contribution is -2.45. The van der Waals surface area contributed by atoms with Gasteiger partial charge in [0.25, 0.3) is 0 Å². The summed E-state index contributed by atoms with van der Waals surface area (Å²) >= 11 is 0. The van der Waals surface area contributed by atoms with E-state index in [1.807, 2.05) is 0 Å². The van der Waals surface area contributed by atoms with Crippen LogP contribution in [0.25, 0.3) is 0 Å². The van der Waals surface area contributed by atoms with Gasteiger partial charge in [0, 0.05) is 12.8 Å². The molecule has 2 atom stereocenters. The van der Waals surface area contributed by atoms with Gasteiger partial charge in [-0.05, 0) is 83.5 Å². The van der Waals surface area contributed by atoms with Crippen LogP contribution in [-0.2, 0) is 14.3 Å². The number of esters is 1. The third-order valence-electron chi connectivity index (χ3n) is 18.4. The number of unbranched alkanes of at least 4 members (excludes halogenated alkanes) is 57. The number of aliphatic hydroxyl groups excluding tert-OH is 2. The standard InChI is InChI=1S/C80H153NO5/c1-3-5-7-9-11-13-15-17-19-21-23-24-34-37-40-44-48-52-56-60-64-68-72-78(83)77(76-82)81-79(84)73-69-65-61-57-53-49-45-41-38-35-32-30-28-26-25-27-29-31-33-36-39-43-47-51-55-59-63-67-71-75-86-80(85)74-70-66-62-58-54-50-46-42-22-20-18-16-14-12-10-8-6-4-2/h14,16,20,22,25,27,77-78,82-83H,3-13,15,17-19,21,23-24,26,28-76H2,1-2H3,(H,81,84)/b16-14-,22-20-,27-25-. The molecule has 0 fully saturated rings. The molecule has 3 N–H and O–H groups in total. The number of nitrogens with one attached hydrogen (secondary N) is 1. The van der Waals surface area contributed by atoms with Crippen molar-refractivity contribution in [3.8, 4) is 0 Å². The minimum Gasteiger partial charge on any atom is -0.466 e. The first-order chi connectivity index (χ1) is 42.5. The number of aliphatic hydroxyl groups is 2. The van der Waals surface area contributed by atoms with Gasteiger partial charge in [-0.2, -0.15) is 0 Å². The predicted molar refractivity (Wildman–Crippen MR) is 379 cm³/mol. The number of rotatable bonds is 74. The highest BCUT2D eigenvalue weighted by atomic mass is 16.5. The van der Waals surface area contributed by atoms with Crippen molar-refractivity contribution < 1.29 is 24.5 Å². The Morgan fingerprint density at radius 2 is 0.581 bits per heavy atom. The maximum atomic E-state index is 12.6. The van der Waals surface area contributed by atoms with E-state index in [1.165, 1.54) is 353 Å². The SMILES string of the molecule is CCCCCC/C=C\C/C=C\CCCCCCCCCC(=O)OCCCCCCCCCCCCCC/C=C\CCCCCCCCCCCCCCCC(=O)NC(CO)C(O)CCCCCCCCCCCCCCCCCCCCCCCC. The van der Waals surface area contributed by atoms with E-state index >= 15 is 0 Å². The molecule has 0 spiro atoms. The average Bonchev–Trinajstić information content (AvgIpc) is 3.53. The van der Waals surface area contributed by atoms with Crippen LogP contribution in [0.4, 0.5) is 0 Å². The van der Waals surface area contributed by atoms with Crippen LogP contribution in [0.15, 0.2) is 36.5 Å². The zero-order valence-corrected chi connectivity index (χ0v) is 58.3. The molecule has 6 nitrogen and oxygen atoms in total. The van der Waals surface area contributed by atoms with E-state index in [2.05, 4.69) is 55.6 Å². The fraction of sp³-hybridized carbons (Fsp3) is 0.900. The monoisotopic (exact) mass is 1210 g/mol. The minimum absolute atomic E-state index is 0.00999. The number of carbonyl (C=O) groups excluding carboxylic acids is 2. The van der Waals surface area contributed by atoms with E-state index in [-0.39, 0.29) is 18.5 Å². The molecule has 0 bridgehead atoms. The van der Waals surface area contributed by atoms with Crippen molar-refractivity contribution in [3.63, 3.8) is 0 Å². The molecular weight excluding hydrogens is 1050 g/mol. The van der Waals surface area contributed by atoms with Gasteiger partial charge in [0.15, 0.2) is 0 Å². The second-order valence-corrected chi connectivity index (χ2v) is 27.0. The van der Waals surface area contributed by atoms with Crippen molar-refractivity contribution in [1.82, 2.24) is 5.32 Å². The van der Waals surface area contributed by atoms with Crippen LogP contribution < -0.4 is 5.32 Å². The molecule has 0 aliphatic carbocycles. The van der Waals surface area contributed by atoms with Crippen LogP contribution in [0.1, 0.15) is 438 Å². The smallest absolute Gasteiger partial charge is 0.305 e. The Morgan fingerprint density at radius 1 is 0.326 bits per heavy atom. The van der Waals surface area contributed by atoms with Gasteiger partial charge in [-0.1, -0.05) is 378 Å². The molecule has 0 heterocycles. The van der Waals surface area contributed by atoms with Gasteiger partial charge in [-0.15, -0.1) is 0 Å². The maximum absolute atomic E-state index is 12.6. The highest BCUT2D eigenvalue weighted by Crippen LogP contribution is 2.20. The number of hydrogen-bond acceptors (Lipinski definition) is 5. The van der Waals surface area contributed by atoms with E-state index in [0.29, 0.717) is 25.9 Å². The summed E-state index contributed by atoms with van der Waals surface area (Å²) in [6.07, 6.45) is 97.9. The fourth-order valence-electron chi connectivity index (χ4n) is 12.4. The third kappa shape index (κ3) is 71.2. The summed E-state index contributed by atoms with van der Waals surface area (Å²) in [5.41, 5.74) is 0. The molecule has 6 heteroatoms. The number of allylic oxidation sites excluding steroid dienone is 6. The number of carbonyl (C=O) groups is 2. The molecule has 0 aromatic rings. The second-order valence-electron chi connectivity index (χ2n) is 27.0. The van der Waals surface area contributed by atoms with Gasteiger partial charge < -0.3 is 20.3 Å². The maximum Gasteiger partial charge on any atom is 0.305 e. The zero-order chi connectivity index (χ0) is 62.0. The Kier molecular flexibility index (Phi) is 73.9. The minimum atomic E-state index is -0.665. The molecule has 2 unspecified atom stereocenters. The van der Waals surface area contributed by atoms with E-state index in [1.54, 1.807) is 0 Å². The first-order valence-electron chi connectivity index (χ1n) is 39.2. The van der Waals surface area contributed by atoms with E-state index < -0.39 is 12.1 Å². The van der Waals surface area contributed by atoms with E-state index in [0.717, 1.165) is 51.4 Å². The topological polar surface area (TPSA) is 95.9 Å². The summed E-state index contributed by atoms with van der Waals surface area (Å²) in [7, 11) is 0. The average molecular weight is 1210 g/mol. The van der Waals surface area contributed by atoms with Crippen molar-refractivity contribution in [2.24, 2.45) is 0 Å². The summed E-state index contributed by atoms with van der Waals surface area (Å²) in [6, 6.07) is -0.542. The Balaban J connectivity index is 3.37. The number of hydrogen-bond donors (Lipinski definition) is 3. The predicted octanol–water partition coefficient (Wildman–Crippen LogP) is 25.8. The largest absolute Gasteiger partial charge is 0.466 e. The van der Waals surface area contributed by atoms with Crippen LogP contribution in [0.5, 0.6) is 0 Å². The van der Waals surface area contributed by atoms with Gasteiger partial charge >= 0.3 is 5.97 Å². The summed E-state index contributed by atoms with van der Waals surface area (Å²) in [5, 5.41) is 23.5. The van der Waals surface area contributed by atoms with Gasteiger partial charge in [0.2, 0.25) is 5.91 Å². The first-order valence-corrected chi connectivity index (χ1v) is 39.2. The molecule has 1 amide bonds. The van der Waals surface area contributed by atoms with Crippen LogP contribution in [0.3, 0.4) is 0 Å². The normalized spacial score (nSPS) is 12.7. The van der Waals surface area contributed by atoms with Crippen molar-refractivity contribution >= 4 is 11.9 Å². The zero-order valence-electron chi connectivity index (χ0n) is 58.3. The second kappa shape index (κ2) is 75.5. The molecular formula is C80H153NO5. The first kappa shape index (κ1) is 84.1. The van der Waals surface area contributed by atoms with Crippen molar-refractivity contribution in [2.75, 3.05) is 13.2 Å². The van der Waals surface area contributed by atoms with Crippen molar-refractivity contribution in [1.29, 1.82) is 0 Å². The van der Waals surface area contributed by atoms with Crippen LogP contribution in [-0.4, -0.2) is 47.4 Å². The quantitative estimate of drug-likeness (QED) is 0.0320. The van der Waals surface area contributed by atoms with Gasteiger partial charge in [-0.3, -0.25) is 9.59 Å². The lowest BCUT2D eigenvalue weighted by atomic mass is 10.0. The summed E-state index contributed by atoms with van der Waals surface area (Å²) in [5.74, 6) is -0.0193. The molecule has 0 aliphatic heterocycles. The molecule has 0 radical (unpaired) electrons. The number of ether oxygens (including phenoxy) is 1. The van der Waals surface area contributed by atoms with Crippen LogP contribution >= 0.6 is 0 Å². The Labute approximate surface area is 538 Å². The lowest BCUT2D eigenvalue weighted by molar-refractivity contribution is -0.143.